The fourth-order valence-corrected chi connectivity index (χ4v) is 3.21. The van der Waals surface area contributed by atoms with Crippen LogP contribution in [0.2, 0.25) is 0 Å². The maximum absolute atomic E-state index is 10.2. The minimum Gasteiger partial charge on any atom is -0.497 e. The summed E-state index contributed by atoms with van der Waals surface area (Å²) in [7, 11) is 1.66. The van der Waals surface area contributed by atoms with Crippen LogP contribution in [0, 0.1) is 0 Å². The van der Waals surface area contributed by atoms with Crippen LogP contribution in [0.1, 0.15) is 24.8 Å². The zero-order chi connectivity index (χ0) is 16.1. The second kappa shape index (κ2) is 7.99. The van der Waals surface area contributed by atoms with E-state index in [9.17, 15) is 5.11 Å². The third-order valence-corrected chi connectivity index (χ3v) is 4.72. The number of rotatable bonds is 8. The molecule has 1 N–H and O–H groups in total. The first kappa shape index (κ1) is 16.6. The van der Waals surface area contributed by atoms with Crippen LogP contribution >= 0.6 is 0 Å². The number of aliphatic hydroxyl groups excluding tert-OH is 1. The lowest BCUT2D eigenvalue weighted by Crippen LogP contribution is -2.36. The first-order valence-corrected chi connectivity index (χ1v) is 8.67. The normalized spacial score (nSPS) is 20.3. The Kier molecular flexibility index (Phi) is 5.75. The van der Waals surface area contributed by atoms with E-state index in [0.717, 1.165) is 44.2 Å². The first-order valence-electron chi connectivity index (χ1n) is 8.67. The molecule has 2 saturated heterocycles. The number of hydrogen-bond acceptors (Lipinski definition) is 5. The summed E-state index contributed by atoms with van der Waals surface area (Å²) in [6.07, 6.45) is 3.31. The van der Waals surface area contributed by atoms with Gasteiger partial charge in [-0.15, -0.1) is 0 Å². The average molecular weight is 320 g/mol. The van der Waals surface area contributed by atoms with E-state index in [1.165, 1.54) is 24.8 Å². The summed E-state index contributed by atoms with van der Waals surface area (Å²) in [5.74, 6) is 1.62. The molecule has 0 bridgehead atoms. The lowest BCUT2D eigenvalue weighted by Gasteiger charge is -2.31. The SMILES string of the molecule is COc1ccc(CN2CCC2)c(OCC(O)CN2CCCC2)c1. The Labute approximate surface area is 138 Å². The Morgan fingerprint density at radius 1 is 1.09 bits per heavy atom. The van der Waals surface area contributed by atoms with Crippen molar-refractivity contribution in [1.82, 2.24) is 9.80 Å². The number of β-amino-alcohol motifs (C(OH)–C–C–N with tert-alkyl or cyclic N) is 1. The van der Waals surface area contributed by atoms with Crippen LogP contribution in [-0.2, 0) is 6.54 Å². The van der Waals surface area contributed by atoms with Crippen LogP contribution in [0.25, 0.3) is 0 Å². The van der Waals surface area contributed by atoms with Gasteiger partial charge in [-0.3, -0.25) is 4.90 Å². The molecule has 2 fully saturated rings. The van der Waals surface area contributed by atoms with Crippen LogP contribution < -0.4 is 9.47 Å². The summed E-state index contributed by atoms with van der Waals surface area (Å²) < 4.78 is 11.2. The predicted molar refractivity (Wildman–Crippen MR) is 90.1 cm³/mol. The molecule has 2 aliphatic heterocycles. The Bertz CT molecular complexity index is 499. The average Bonchev–Trinajstić information content (AvgIpc) is 3.02. The number of likely N-dealkylation sites (tertiary alicyclic amines) is 2. The van der Waals surface area contributed by atoms with E-state index in [1.54, 1.807) is 7.11 Å². The lowest BCUT2D eigenvalue weighted by molar-refractivity contribution is 0.0745. The molecular formula is C18H28N2O3. The molecule has 0 saturated carbocycles. The van der Waals surface area contributed by atoms with Gasteiger partial charge in [-0.1, -0.05) is 6.07 Å². The fraction of sp³-hybridized carbons (Fsp3) is 0.667. The molecule has 2 heterocycles. The quantitative estimate of drug-likeness (QED) is 0.790. The van der Waals surface area contributed by atoms with Gasteiger partial charge in [-0.2, -0.15) is 0 Å². The smallest absolute Gasteiger partial charge is 0.127 e. The van der Waals surface area contributed by atoms with E-state index in [0.29, 0.717) is 13.2 Å². The zero-order valence-corrected chi connectivity index (χ0v) is 14.0. The topological polar surface area (TPSA) is 45.2 Å². The van der Waals surface area contributed by atoms with Crippen molar-refractivity contribution >= 4 is 0 Å². The van der Waals surface area contributed by atoms with Gasteiger partial charge in [-0.05, 0) is 51.5 Å². The van der Waals surface area contributed by atoms with Gasteiger partial charge in [0.1, 0.15) is 24.2 Å². The van der Waals surface area contributed by atoms with Crippen molar-refractivity contribution in [3.05, 3.63) is 23.8 Å². The number of methoxy groups -OCH3 is 1. The Morgan fingerprint density at radius 2 is 1.83 bits per heavy atom. The second-order valence-electron chi connectivity index (χ2n) is 6.58. The monoisotopic (exact) mass is 320 g/mol. The number of benzene rings is 1. The number of nitrogens with zero attached hydrogens (tertiary/aromatic N) is 2. The molecule has 0 aliphatic carbocycles. The van der Waals surface area contributed by atoms with Crippen LogP contribution in [0.5, 0.6) is 11.5 Å². The van der Waals surface area contributed by atoms with Gasteiger partial charge < -0.3 is 19.5 Å². The highest BCUT2D eigenvalue weighted by Crippen LogP contribution is 2.27. The van der Waals surface area contributed by atoms with Crippen molar-refractivity contribution in [2.45, 2.75) is 31.9 Å². The summed E-state index contributed by atoms with van der Waals surface area (Å²) >= 11 is 0. The number of aliphatic hydroxyl groups is 1. The molecule has 3 rings (SSSR count). The van der Waals surface area contributed by atoms with Gasteiger partial charge in [0, 0.05) is 24.7 Å². The molecule has 1 unspecified atom stereocenters. The largest absolute Gasteiger partial charge is 0.497 e. The third kappa shape index (κ3) is 4.59. The maximum atomic E-state index is 10.2. The van der Waals surface area contributed by atoms with E-state index in [4.69, 9.17) is 9.47 Å². The Morgan fingerprint density at radius 3 is 2.48 bits per heavy atom. The zero-order valence-electron chi connectivity index (χ0n) is 14.0. The molecule has 0 spiro atoms. The summed E-state index contributed by atoms with van der Waals surface area (Å²) in [5, 5.41) is 10.2. The third-order valence-electron chi connectivity index (χ3n) is 4.72. The van der Waals surface area contributed by atoms with Gasteiger partial charge in [0.05, 0.1) is 7.11 Å². The molecule has 0 aromatic heterocycles. The summed E-state index contributed by atoms with van der Waals surface area (Å²) in [4.78, 5) is 4.70. The number of ether oxygens (including phenoxy) is 2. The Balaban J connectivity index is 1.57. The van der Waals surface area contributed by atoms with E-state index in [2.05, 4.69) is 15.9 Å². The van der Waals surface area contributed by atoms with Crippen LogP contribution in [0.15, 0.2) is 18.2 Å². The fourth-order valence-electron chi connectivity index (χ4n) is 3.21. The summed E-state index contributed by atoms with van der Waals surface area (Å²) in [5.41, 5.74) is 1.17. The van der Waals surface area contributed by atoms with Crippen LogP contribution in [-0.4, -0.2) is 67.5 Å². The highest BCUT2D eigenvalue weighted by Gasteiger charge is 2.19. The van der Waals surface area contributed by atoms with E-state index >= 15 is 0 Å². The maximum Gasteiger partial charge on any atom is 0.127 e. The molecule has 1 aromatic carbocycles. The first-order chi connectivity index (χ1) is 11.2. The summed E-state index contributed by atoms with van der Waals surface area (Å²) in [6, 6.07) is 5.97. The molecular weight excluding hydrogens is 292 g/mol. The van der Waals surface area contributed by atoms with Crippen LogP contribution in [0.3, 0.4) is 0 Å². The van der Waals surface area contributed by atoms with E-state index < -0.39 is 6.10 Å². The molecule has 1 atom stereocenters. The van der Waals surface area contributed by atoms with Gasteiger partial charge in [0.2, 0.25) is 0 Å². The molecule has 5 heteroatoms. The number of hydrogen-bond donors (Lipinski definition) is 1. The minimum absolute atomic E-state index is 0.330. The standard InChI is InChI=1S/C18H28N2O3/c1-22-17-6-5-15(12-19-9-4-10-19)18(11-17)23-14-16(21)13-20-7-2-3-8-20/h5-6,11,16,21H,2-4,7-10,12-14H2,1H3. The molecule has 128 valence electrons. The molecule has 1 aromatic rings. The molecule has 2 aliphatic rings. The van der Waals surface area contributed by atoms with Crippen LogP contribution in [0.4, 0.5) is 0 Å². The molecule has 0 radical (unpaired) electrons. The highest BCUT2D eigenvalue weighted by molar-refractivity contribution is 5.40. The second-order valence-corrected chi connectivity index (χ2v) is 6.58. The summed E-state index contributed by atoms with van der Waals surface area (Å²) in [6.45, 7) is 6.43. The van der Waals surface area contributed by atoms with Crippen molar-refractivity contribution in [2.24, 2.45) is 0 Å². The van der Waals surface area contributed by atoms with Crippen molar-refractivity contribution in [1.29, 1.82) is 0 Å². The molecule has 5 nitrogen and oxygen atoms in total. The van der Waals surface area contributed by atoms with Gasteiger partial charge in [-0.25, -0.2) is 0 Å². The van der Waals surface area contributed by atoms with Gasteiger partial charge in [0.25, 0.3) is 0 Å². The molecule has 0 amide bonds. The van der Waals surface area contributed by atoms with E-state index in [1.807, 2.05) is 12.1 Å². The minimum atomic E-state index is -0.448. The van der Waals surface area contributed by atoms with Gasteiger partial charge in [0.15, 0.2) is 0 Å². The predicted octanol–water partition coefficient (Wildman–Crippen LogP) is 1.74. The highest BCUT2D eigenvalue weighted by atomic mass is 16.5. The molecule has 23 heavy (non-hydrogen) atoms. The van der Waals surface area contributed by atoms with E-state index in [-0.39, 0.29) is 0 Å². The van der Waals surface area contributed by atoms with Gasteiger partial charge >= 0.3 is 0 Å². The van der Waals surface area contributed by atoms with Crippen molar-refractivity contribution in [2.75, 3.05) is 46.4 Å². The van der Waals surface area contributed by atoms with Crippen molar-refractivity contribution in [3.8, 4) is 11.5 Å². The Hall–Kier alpha value is -1.30. The van der Waals surface area contributed by atoms with Crippen molar-refractivity contribution in [3.63, 3.8) is 0 Å². The lowest BCUT2D eigenvalue weighted by atomic mass is 10.1. The van der Waals surface area contributed by atoms with Crippen molar-refractivity contribution < 1.29 is 14.6 Å².